The Balaban J connectivity index is 1.64. The van der Waals surface area contributed by atoms with Gasteiger partial charge in [-0.1, -0.05) is 12.6 Å². The molecule has 1 aromatic rings. The molecule has 7 nitrogen and oxygen atoms in total. The lowest BCUT2D eigenvalue weighted by Crippen LogP contribution is -2.53. The summed E-state index contributed by atoms with van der Waals surface area (Å²) in [6.45, 7) is 3.35. The first-order chi connectivity index (χ1) is 10.1. The molecule has 2 aliphatic heterocycles. The number of pyridine rings is 1. The molecule has 0 spiro atoms. The van der Waals surface area contributed by atoms with Gasteiger partial charge in [0.1, 0.15) is 18.3 Å². The second kappa shape index (κ2) is 5.45. The minimum Gasteiger partial charge on any atom is -0.394 e. The van der Waals surface area contributed by atoms with Crippen molar-refractivity contribution in [3.05, 3.63) is 36.2 Å². The Morgan fingerprint density at radius 3 is 2.76 bits per heavy atom. The Kier molecular flexibility index (Phi) is 3.78. The zero-order chi connectivity index (χ0) is 15.0. The zero-order valence-corrected chi connectivity index (χ0v) is 11.3. The maximum atomic E-state index is 9.85. The van der Waals surface area contributed by atoms with E-state index in [2.05, 4.69) is 11.6 Å². The van der Waals surface area contributed by atoms with E-state index in [9.17, 15) is 10.2 Å². The molecule has 0 aromatic carbocycles. The molecule has 4 unspecified atom stereocenters. The monoisotopic (exact) mass is 295 g/mol. The molecule has 3 rings (SSSR count). The molecular weight excluding hydrogens is 278 g/mol. The van der Waals surface area contributed by atoms with Crippen molar-refractivity contribution < 1.29 is 29.5 Å². The van der Waals surface area contributed by atoms with Gasteiger partial charge in [-0.25, -0.2) is 0 Å². The summed E-state index contributed by atoms with van der Waals surface area (Å²) in [5, 5.41) is 28.7. The van der Waals surface area contributed by atoms with Gasteiger partial charge in [0.15, 0.2) is 6.10 Å². The van der Waals surface area contributed by atoms with Crippen molar-refractivity contribution in [2.24, 2.45) is 0 Å². The molecule has 2 saturated heterocycles. The van der Waals surface area contributed by atoms with E-state index in [0.717, 1.165) is 11.3 Å². The third kappa shape index (κ3) is 2.59. The molecule has 0 saturated carbocycles. The van der Waals surface area contributed by atoms with Crippen molar-refractivity contribution >= 4 is 6.08 Å². The lowest BCUT2D eigenvalue weighted by atomic mass is 10.0. The number of fused-ring (bicyclic) bond motifs is 1. The van der Waals surface area contributed by atoms with E-state index in [1.165, 1.54) is 0 Å². The highest BCUT2D eigenvalue weighted by Crippen LogP contribution is 2.47. The maximum Gasteiger partial charge on any atom is 0.315 e. The number of aliphatic hydroxyl groups is 3. The number of nitrogens with zero attached hydrogens (tertiary/aromatic N) is 1. The summed E-state index contributed by atoms with van der Waals surface area (Å²) >= 11 is 0. The number of aliphatic hydroxyl groups excluding tert-OH is 3. The van der Waals surface area contributed by atoms with Crippen molar-refractivity contribution in [2.75, 3.05) is 6.61 Å². The standard InChI is InChI=1S/C14H17NO6/c1-2-9-4-3-8(5-15-9)7-19-14-13(21-14)12(18)11(17)10(6-16)20-14/h2-5,10-13,16-18H,1,6-7H2/t10?,11-,12?,13?,14?/m1/s1. The normalized spacial score (nSPS) is 37.9. The number of hydrogen-bond acceptors (Lipinski definition) is 7. The number of hydrogen-bond donors (Lipinski definition) is 3. The molecular formula is C14H17NO6. The maximum absolute atomic E-state index is 9.85. The highest BCUT2D eigenvalue weighted by atomic mass is 17.0. The van der Waals surface area contributed by atoms with Crippen LogP contribution >= 0.6 is 0 Å². The van der Waals surface area contributed by atoms with Crippen molar-refractivity contribution in [1.29, 1.82) is 0 Å². The van der Waals surface area contributed by atoms with Crippen molar-refractivity contribution in [3.8, 4) is 0 Å². The molecule has 0 aliphatic carbocycles. The summed E-state index contributed by atoms with van der Waals surface area (Å²) in [5.41, 5.74) is 1.55. The van der Waals surface area contributed by atoms with Gasteiger partial charge in [-0.2, -0.15) is 0 Å². The van der Waals surface area contributed by atoms with E-state index in [0.29, 0.717) is 0 Å². The fourth-order valence-corrected chi connectivity index (χ4v) is 2.32. The molecule has 114 valence electrons. The van der Waals surface area contributed by atoms with Crippen LogP contribution in [0.4, 0.5) is 0 Å². The Morgan fingerprint density at radius 1 is 1.33 bits per heavy atom. The van der Waals surface area contributed by atoms with E-state index < -0.39 is 37.0 Å². The second-order valence-corrected chi connectivity index (χ2v) is 5.05. The number of ether oxygens (including phenoxy) is 3. The van der Waals surface area contributed by atoms with E-state index >= 15 is 0 Å². The van der Waals surface area contributed by atoms with Crippen LogP contribution < -0.4 is 0 Å². The lowest BCUT2D eigenvalue weighted by molar-refractivity contribution is -0.292. The second-order valence-electron chi connectivity index (χ2n) is 5.05. The lowest BCUT2D eigenvalue weighted by Gasteiger charge is -2.32. The summed E-state index contributed by atoms with van der Waals surface area (Å²) in [6.07, 6.45) is -0.777. The summed E-state index contributed by atoms with van der Waals surface area (Å²) < 4.78 is 16.2. The predicted octanol–water partition coefficient (Wildman–Crippen LogP) is -0.593. The third-order valence-electron chi connectivity index (χ3n) is 3.62. The molecule has 1 aromatic heterocycles. The fraction of sp³-hybridized carbons (Fsp3) is 0.500. The van der Waals surface area contributed by atoms with Gasteiger partial charge >= 0.3 is 5.97 Å². The minimum absolute atomic E-state index is 0.169. The highest BCUT2D eigenvalue weighted by Gasteiger charge is 2.70. The van der Waals surface area contributed by atoms with E-state index in [-0.39, 0.29) is 6.61 Å². The van der Waals surface area contributed by atoms with Crippen LogP contribution in [0.25, 0.3) is 6.08 Å². The van der Waals surface area contributed by atoms with Crippen molar-refractivity contribution in [3.63, 3.8) is 0 Å². The first kappa shape index (κ1) is 14.6. The van der Waals surface area contributed by atoms with Gasteiger partial charge in [0.25, 0.3) is 0 Å². The van der Waals surface area contributed by atoms with E-state index in [1.54, 1.807) is 18.3 Å². The Labute approximate surface area is 121 Å². The van der Waals surface area contributed by atoms with Crippen molar-refractivity contribution in [1.82, 2.24) is 4.98 Å². The topological polar surface area (TPSA) is 105 Å². The predicted molar refractivity (Wildman–Crippen MR) is 70.7 cm³/mol. The fourth-order valence-electron chi connectivity index (χ4n) is 2.32. The van der Waals surface area contributed by atoms with Gasteiger partial charge in [0.2, 0.25) is 0 Å². The van der Waals surface area contributed by atoms with E-state index in [1.807, 2.05) is 6.07 Å². The molecule has 5 atom stereocenters. The SMILES string of the molecule is C=Cc1ccc(COC23OC(CO)[C@@H](O)C(O)C2O3)cn1. The third-order valence-corrected chi connectivity index (χ3v) is 3.62. The molecule has 0 bridgehead atoms. The summed E-state index contributed by atoms with van der Waals surface area (Å²) in [4.78, 5) is 4.15. The number of aromatic nitrogens is 1. The highest BCUT2D eigenvalue weighted by molar-refractivity contribution is 5.41. The van der Waals surface area contributed by atoms with Gasteiger partial charge < -0.3 is 29.5 Å². The molecule has 0 radical (unpaired) electrons. The summed E-state index contributed by atoms with van der Waals surface area (Å²) in [5.74, 6) is -1.40. The van der Waals surface area contributed by atoms with Crippen LogP contribution in [-0.2, 0) is 20.8 Å². The van der Waals surface area contributed by atoms with Crippen LogP contribution in [0.5, 0.6) is 0 Å². The molecule has 7 heteroatoms. The Morgan fingerprint density at radius 2 is 2.14 bits per heavy atom. The van der Waals surface area contributed by atoms with Gasteiger partial charge in [0, 0.05) is 6.20 Å². The van der Waals surface area contributed by atoms with Crippen LogP contribution in [0.1, 0.15) is 11.3 Å². The minimum atomic E-state index is -1.40. The molecule has 0 amide bonds. The number of epoxide rings is 1. The van der Waals surface area contributed by atoms with Crippen LogP contribution in [0.2, 0.25) is 0 Å². The van der Waals surface area contributed by atoms with Crippen LogP contribution in [-0.4, -0.2) is 57.3 Å². The largest absolute Gasteiger partial charge is 0.394 e. The average Bonchev–Trinajstić information content (AvgIpc) is 3.25. The quantitative estimate of drug-likeness (QED) is 0.623. The number of rotatable bonds is 5. The van der Waals surface area contributed by atoms with Crippen LogP contribution in [0.3, 0.4) is 0 Å². The zero-order valence-electron chi connectivity index (χ0n) is 11.3. The molecule has 2 fully saturated rings. The van der Waals surface area contributed by atoms with Crippen molar-refractivity contribution in [2.45, 2.75) is 37.0 Å². The molecule has 3 N–H and O–H groups in total. The van der Waals surface area contributed by atoms with Gasteiger partial charge in [-0.15, -0.1) is 0 Å². The van der Waals surface area contributed by atoms with Gasteiger partial charge in [0.05, 0.1) is 18.9 Å². The van der Waals surface area contributed by atoms with Crippen LogP contribution in [0, 0.1) is 0 Å². The summed E-state index contributed by atoms with van der Waals surface area (Å²) in [7, 11) is 0. The van der Waals surface area contributed by atoms with Gasteiger partial charge in [-0.3, -0.25) is 4.98 Å². The summed E-state index contributed by atoms with van der Waals surface area (Å²) in [6, 6.07) is 3.63. The van der Waals surface area contributed by atoms with Crippen LogP contribution in [0.15, 0.2) is 24.9 Å². The molecule has 3 heterocycles. The van der Waals surface area contributed by atoms with E-state index in [4.69, 9.17) is 19.3 Å². The average molecular weight is 295 g/mol. The molecule has 21 heavy (non-hydrogen) atoms. The molecule has 2 aliphatic rings. The Hall–Kier alpha value is -1.35. The van der Waals surface area contributed by atoms with Gasteiger partial charge in [-0.05, 0) is 17.7 Å². The smallest absolute Gasteiger partial charge is 0.315 e. The first-order valence-electron chi connectivity index (χ1n) is 6.63. The Bertz CT molecular complexity index is 521. The first-order valence-corrected chi connectivity index (χ1v) is 6.63.